The molecule has 2 atom stereocenters. The monoisotopic (exact) mass is 442 g/mol. The first-order valence-electron chi connectivity index (χ1n) is 9.91. The van der Waals surface area contributed by atoms with E-state index in [-0.39, 0.29) is 22.1 Å². The van der Waals surface area contributed by atoms with Crippen LogP contribution in [0.15, 0.2) is 45.9 Å². The molecule has 0 aliphatic carbocycles. The first-order chi connectivity index (χ1) is 14.8. The largest absolute Gasteiger partial charge is 0.462 e. The summed E-state index contributed by atoms with van der Waals surface area (Å²) in [6.07, 6.45) is 1.66. The predicted molar refractivity (Wildman–Crippen MR) is 116 cm³/mol. The van der Waals surface area contributed by atoms with E-state index in [4.69, 9.17) is 26.2 Å². The average Bonchev–Trinajstić information content (AvgIpc) is 3.22. The second kappa shape index (κ2) is 9.31. The fraction of sp³-hybridized carbons (Fsp3) is 0.304. The number of carbonyl (C=O) groups excluding carboxylic acids is 3. The van der Waals surface area contributed by atoms with Gasteiger partial charge in [0.05, 0.1) is 28.7 Å². The molecule has 0 bridgehead atoms. The Morgan fingerprint density at radius 3 is 2.74 bits per heavy atom. The Bertz CT molecular complexity index is 1090. The molecular weight excluding hydrogens is 420 g/mol. The van der Waals surface area contributed by atoms with E-state index in [0.717, 1.165) is 6.21 Å². The van der Waals surface area contributed by atoms with Gasteiger partial charge in [-0.05, 0) is 49.2 Å². The summed E-state index contributed by atoms with van der Waals surface area (Å²) in [6, 6.07) is 8.45. The van der Waals surface area contributed by atoms with Crippen molar-refractivity contribution in [1.82, 2.24) is 5.32 Å². The van der Waals surface area contributed by atoms with Crippen LogP contribution in [0, 0.1) is 11.3 Å². The van der Waals surface area contributed by atoms with Gasteiger partial charge >= 0.3 is 5.97 Å². The highest BCUT2D eigenvalue weighted by Gasteiger charge is 2.37. The summed E-state index contributed by atoms with van der Waals surface area (Å²) >= 11 is 6.16. The van der Waals surface area contributed by atoms with Gasteiger partial charge < -0.3 is 14.6 Å². The Hall–Kier alpha value is -3.19. The van der Waals surface area contributed by atoms with E-state index >= 15 is 0 Å². The van der Waals surface area contributed by atoms with Crippen LogP contribution in [0.1, 0.15) is 49.2 Å². The average molecular weight is 443 g/mol. The zero-order valence-electron chi connectivity index (χ0n) is 17.5. The maximum atomic E-state index is 12.5. The van der Waals surface area contributed by atoms with E-state index in [1.54, 1.807) is 37.3 Å². The molecule has 1 aliphatic rings. The molecule has 2 amide bonds. The number of benzene rings is 1. The van der Waals surface area contributed by atoms with Crippen LogP contribution in [0.25, 0.3) is 11.3 Å². The number of imide groups is 1. The smallest absolute Gasteiger partial charge is 0.339 e. The standard InChI is InChI=1S/C23H23ClN2O5/c1-4-9-30-23(29)15-10-14(5-6-17(15)24)19-8-7-18(31-19)13(3)20-12(2)16(11-25)21(27)26-22(20)28/h5-8,10-11,13,20,25H,4,9H2,1-3H3,(H,26,27,28). The quantitative estimate of drug-likeness (QED) is 0.372. The molecule has 0 radical (unpaired) electrons. The van der Waals surface area contributed by atoms with Crippen LogP contribution in [0.4, 0.5) is 0 Å². The first-order valence-corrected chi connectivity index (χ1v) is 10.3. The van der Waals surface area contributed by atoms with E-state index in [1.165, 1.54) is 0 Å². The van der Waals surface area contributed by atoms with Gasteiger partial charge in [0, 0.05) is 17.7 Å². The normalized spacial score (nSPS) is 17.4. The van der Waals surface area contributed by atoms with Gasteiger partial charge in [-0.15, -0.1) is 0 Å². The van der Waals surface area contributed by atoms with Crippen molar-refractivity contribution >= 4 is 35.6 Å². The number of ether oxygens (including phenoxy) is 1. The summed E-state index contributed by atoms with van der Waals surface area (Å²) in [5.41, 5.74) is 1.60. The topological polar surface area (TPSA) is 109 Å². The summed E-state index contributed by atoms with van der Waals surface area (Å²) in [6.45, 7) is 5.71. The number of amides is 2. The van der Waals surface area contributed by atoms with E-state index in [0.29, 0.717) is 35.7 Å². The van der Waals surface area contributed by atoms with Crippen molar-refractivity contribution in [2.24, 2.45) is 5.92 Å². The molecule has 0 fully saturated rings. The highest BCUT2D eigenvalue weighted by atomic mass is 35.5. The first kappa shape index (κ1) is 22.5. The fourth-order valence-electron chi connectivity index (χ4n) is 3.61. The summed E-state index contributed by atoms with van der Waals surface area (Å²) in [4.78, 5) is 36.6. The second-order valence-corrected chi connectivity index (χ2v) is 7.77. The van der Waals surface area contributed by atoms with Crippen molar-refractivity contribution in [1.29, 1.82) is 5.41 Å². The molecule has 7 nitrogen and oxygen atoms in total. The van der Waals surface area contributed by atoms with Crippen LogP contribution in [0.3, 0.4) is 0 Å². The molecule has 1 aromatic carbocycles. The molecule has 8 heteroatoms. The Kier molecular flexibility index (Phi) is 6.75. The summed E-state index contributed by atoms with van der Waals surface area (Å²) in [5.74, 6) is -1.47. The van der Waals surface area contributed by atoms with Gasteiger partial charge in [-0.1, -0.05) is 25.4 Å². The predicted octanol–water partition coefficient (Wildman–Crippen LogP) is 4.51. The molecule has 0 saturated heterocycles. The van der Waals surface area contributed by atoms with Crippen LogP contribution in [0.5, 0.6) is 0 Å². The van der Waals surface area contributed by atoms with Crippen LogP contribution in [-0.4, -0.2) is 30.6 Å². The molecule has 1 aliphatic heterocycles. The minimum absolute atomic E-state index is 0.177. The van der Waals surface area contributed by atoms with Gasteiger partial charge in [-0.3, -0.25) is 14.9 Å². The number of rotatable bonds is 7. The molecule has 1 aromatic heterocycles. The molecule has 31 heavy (non-hydrogen) atoms. The molecule has 0 spiro atoms. The van der Waals surface area contributed by atoms with Crippen molar-refractivity contribution in [3.8, 4) is 11.3 Å². The second-order valence-electron chi connectivity index (χ2n) is 7.36. The SMILES string of the molecule is CCCOC(=O)c1cc(-c2ccc(C(C)C3C(=O)NC(=O)C(C=N)=C3C)o2)ccc1Cl. The molecule has 3 rings (SSSR count). The lowest BCUT2D eigenvalue weighted by Gasteiger charge is -2.27. The highest BCUT2D eigenvalue weighted by Crippen LogP contribution is 2.36. The summed E-state index contributed by atoms with van der Waals surface area (Å²) in [5, 5.41) is 10.0. The molecule has 2 aromatic rings. The zero-order chi connectivity index (χ0) is 22.7. The third kappa shape index (κ3) is 4.46. The summed E-state index contributed by atoms with van der Waals surface area (Å²) < 4.78 is 11.2. The fourth-order valence-corrected chi connectivity index (χ4v) is 3.80. The van der Waals surface area contributed by atoms with Crippen molar-refractivity contribution < 1.29 is 23.5 Å². The van der Waals surface area contributed by atoms with Crippen molar-refractivity contribution in [3.05, 3.63) is 57.8 Å². The lowest BCUT2D eigenvalue weighted by molar-refractivity contribution is -0.131. The molecule has 2 N–H and O–H groups in total. The van der Waals surface area contributed by atoms with Gasteiger partial charge in [0.2, 0.25) is 5.91 Å². The Morgan fingerprint density at radius 2 is 2.06 bits per heavy atom. The van der Waals surface area contributed by atoms with Gasteiger partial charge in [-0.25, -0.2) is 4.79 Å². The minimum Gasteiger partial charge on any atom is -0.462 e. The number of halogens is 1. The Labute approximate surface area is 184 Å². The van der Waals surface area contributed by atoms with E-state index in [9.17, 15) is 14.4 Å². The number of esters is 1. The number of hydrogen-bond donors (Lipinski definition) is 2. The van der Waals surface area contributed by atoms with Gasteiger partial charge in [0.15, 0.2) is 0 Å². The van der Waals surface area contributed by atoms with Gasteiger partial charge in [-0.2, -0.15) is 0 Å². The van der Waals surface area contributed by atoms with Crippen molar-refractivity contribution in [2.45, 2.75) is 33.1 Å². The molecule has 2 heterocycles. The maximum absolute atomic E-state index is 12.5. The van der Waals surface area contributed by atoms with Crippen LogP contribution in [0.2, 0.25) is 5.02 Å². The molecular formula is C23H23ClN2O5. The highest BCUT2D eigenvalue weighted by molar-refractivity contribution is 6.33. The molecule has 162 valence electrons. The third-order valence-electron chi connectivity index (χ3n) is 5.28. The Morgan fingerprint density at radius 1 is 1.32 bits per heavy atom. The van der Waals surface area contributed by atoms with Crippen molar-refractivity contribution in [3.63, 3.8) is 0 Å². The number of carbonyl (C=O) groups is 3. The molecule has 0 saturated carbocycles. The van der Waals surface area contributed by atoms with E-state index < -0.39 is 23.7 Å². The number of furan rings is 1. The Balaban J connectivity index is 1.90. The van der Waals surface area contributed by atoms with Crippen LogP contribution in [-0.2, 0) is 14.3 Å². The minimum atomic E-state index is -0.641. The van der Waals surface area contributed by atoms with Crippen molar-refractivity contribution in [2.75, 3.05) is 6.61 Å². The van der Waals surface area contributed by atoms with Gasteiger partial charge in [0.25, 0.3) is 5.91 Å². The molecule has 2 unspecified atom stereocenters. The number of hydrogen-bond acceptors (Lipinski definition) is 6. The van der Waals surface area contributed by atoms with Gasteiger partial charge in [0.1, 0.15) is 11.5 Å². The lowest BCUT2D eigenvalue weighted by atomic mass is 9.81. The van der Waals surface area contributed by atoms with E-state index in [1.807, 2.05) is 13.8 Å². The maximum Gasteiger partial charge on any atom is 0.339 e. The lowest BCUT2D eigenvalue weighted by Crippen LogP contribution is -2.44. The van der Waals surface area contributed by atoms with Crippen LogP contribution >= 0.6 is 11.6 Å². The third-order valence-corrected chi connectivity index (χ3v) is 5.61. The zero-order valence-corrected chi connectivity index (χ0v) is 18.2. The summed E-state index contributed by atoms with van der Waals surface area (Å²) in [7, 11) is 0. The van der Waals surface area contributed by atoms with Crippen LogP contribution < -0.4 is 5.32 Å². The number of nitrogens with one attached hydrogen (secondary N) is 2. The van der Waals surface area contributed by atoms with E-state index in [2.05, 4.69) is 5.32 Å².